The van der Waals surface area contributed by atoms with Crippen molar-refractivity contribution in [2.45, 2.75) is 52.4 Å². The second-order valence-corrected chi connectivity index (χ2v) is 13.6. The van der Waals surface area contributed by atoms with E-state index in [1.54, 1.807) is 0 Å². The third kappa shape index (κ3) is 5.22. The van der Waals surface area contributed by atoms with E-state index < -0.39 is 0 Å². The van der Waals surface area contributed by atoms with Crippen molar-refractivity contribution in [3.63, 3.8) is 0 Å². The first-order valence-corrected chi connectivity index (χ1v) is 15.6. The Labute approximate surface area is 285 Å². The number of rotatable bonds is 5. The standard InChI is InChI=1S/C41H37N4.Ir/c1-39(2)33-23-21-31(25-34(33)40(3,4)41(39,5)6)35-24-22-32(26-42-35)38-44-36(29-15-11-8-12-16-29)43-37(45-38)30-19-17-28(18-20-30)27-13-9-7-10-14-27;/h7-20,22-26H,1-6H3;/q-1;. The third-order valence-electron chi connectivity index (χ3n) is 10.6. The normalized spacial score (nSPS) is 15.5. The summed E-state index contributed by atoms with van der Waals surface area (Å²) in [6, 6.07) is 40.9. The van der Waals surface area contributed by atoms with Crippen LogP contribution in [0.3, 0.4) is 0 Å². The van der Waals surface area contributed by atoms with Crippen LogP contribution in [0, 0.1) is 11.5 Å². The van der Waals surface area contributed by atoms with E-state index in [2.05, 4.69) is 114 Å². The van der Waals surface area contributed by atoms with Crippen molar-refractivity contribution in [2.24, 2.45) is 5.41 Å². The van der Waals surface area contributed by atoms with Gasteiger partial charge in [0.25, 0.3) is 0 Å². The number of benzene rings is 4. The maximum absolute atomic E-state index is 4.93. The Kier molecular flexibility index (Phi) is 8.12. The van der Waals surface area contributed by atoms with Gasteiger partial charge in [-0.1, -0.05) is 139 Å². The van der Waals surface area contributed by atoms with Gasteiger partial charge in [0.1, 0.15) is 0 Å². The van der Waals surface area contributed by atoms with E-state index in [1.165, 1.54) is 16.7 Å². The van der Waals surface area contributed by atoms with Crippen molar-refractivity contribution in [3.05, 3.63) is 133 Å². The molecule has 5 heteroatoms. The van der Waals surface area contributed by atoms with Crippen LogP contribution >= 0.6 is 0 Å². The molecule has 2 heterocycles. The summed E-state index contributed by atoms with van der Waals surface area (Å²) in [4.78, 5) is 19.6. The molecule has 0 spiro atoms. The quantitative estimate of drug-likeness (QED) is 0.164. The van der Waals surface area contributed by atoms with Gasteiger partial charge < -0.3 is 4.98 Å². The Morgan fingerprint density at radius 3 is 1.52 bits per heavy atom. The summed E-state index contributed by atoms with van der Waals surface area (Å²) in [7, 11) is 0. The van der Waals surface area contributed by atoms with Gasteiger partial charge in [-0.3, -0.25) is 0 Å². The van der Waals surface area contributed by atoms with E-state index in [4.69, 9.17) is 19.9 Å². The first kappa shape index (κ1) is 31.7. The number of nitrogens with zero attached hydrogens (tertiary/aromatic N) is 4. The molecule has 0 amide bonds. The molecule has 0 saturated heterocycles. The minimum atomic E-state index is 0. The van der Waals surface area contributed by atoms with Gasteiger partial charge in [0, 0.05) is 43.0 Å². The van der Waals surface area contributed by atoms with E-state index >= 15 is 0 Å². The third-order valence-corrected chi connectivity index (χ3v) is 10.6. The summed E-state index contributed by atoms with van der Waals surface area (Å²) in [6.07, 6.45) is 1.86. The molecule has 0 saturated carbocycles. The fourth-order valence-electron chi connectivity index (χ4n) is 6.61. The van der Waals surface area contributed by atoms with Gasteiger partial charge in [0.05, 0.1) is 0 Å². The van der Waals surface area contributed by atoms with Gasteiger partial charge in [0.2, 0.25) is 0 Å². The predicted octanol–water partition coefficient (Wildman–Crippen LogP) is 9.99. The zero-order chi connectivity index (χ0) is 31.4. The SMILES string of the molecule is CC1(C)c2c[c-]c(-c3ccc(-c4nc(-c5ccccc5)nc(-c5ccc(-c6ccccc6)cc5)n4)cn3)cc2C(C)(C)C1(C)C.[Ir]. The van der Waals surface area contributed by atoms with Crippen LogP contribution in [-0.4, -0.2) is 19.9 Å². The molecule has 4 aromatic carbocycles. The Morgan fingerprint density at radius 1 is 0.500 bits per heavy atom. The minimum absolute atomic E-state index is 0. The van der Waals surface area contributed by atoms with Crippen LogP contribution in [-0.2, 0) is 30.9 Å². The van der Waals surface area contributed by atoms with Crippen LogP contribution in [0.5, 0.6) is 0 Å². The molecular weight excluding hydrogens is 741 g/mol. The molecule has 4 nitrogen and oxygen atoms in total. The van der Waals surface area contributed by atoms with E-state index in [9.17, 15) is 0 Å². The second kappa shape index (κ2) is 11.8. The summed E-state index contributed by atoms with van der Waals surface area (Å²) in [6.45, 7) is 14.2. The van der Waals surface area contributed by atoms with E-state index in [1.807, 2.05) is 48.7 Å². The molecule has 7 rings (SSSR count). The summed E-state index contributed by atoms with van der Waals surface area (Å²) in [5, 5.41) is 0. The van der Waals surface area contributed by atoms with Gasteiger partial charge in [-0.25, -0.2) is 15.0 Å². The maximum atomic E-state index is 4.93. The molecule has 1 radical (unpaired) electrons. The Morgan fingerprint density at radius 2 is 0.957 bits per heavy atom. The topological polar surface area (TPSA) is 51.6 Å². The first-order chi connectivity index (χ1) is 21.6. The van der Waals surface area contributed by atoms with Crippen molar-refractivity contribution in [1.82, 2.24) is 19.9 Å². The summed E-state index contributed by atoms with van der Waals surface area (Å²) in [5.74, 6) is 1.85. The summed E-state index contributed by atoms with van der Waals surface area (Å²) >= 11 is 0. The van der Waals surface area contributed by atoms with Gasteiger partial charge >= 0.3 is 0 Å². The number of fused-ring (bicyclic) bond motifs is 1. The van der Waals surface area contributed by atoms with Crippen molar-refractivity contribution in [1.29, 1.82) is 0 Å². The van der Waals surface area contributed by atoms with Crippen molar-refractivity contribution in [3.8, 4) is 56.5 Å². The molecule has 0 N–H and O–H groups in total. The smallest absolute Gasteiger partial charge is 0.165 e. The molecule has 6 aromatic rings. The Balaban J connectivity index is 0.00000372. The van der Waals surface area contributed by atoms with E-state index in [-0.39, 0.29) is 36.4 Å². The fraction of sp³-hybridized carbons (Fsp3) is 0.220. The first-order valence-electron chi connectivity index (χ1n) is 15.6. The van der Waals surface area contributed by atoms with Crippen molar-refractivity contribution < 1.29 is 20.1 Å². The molecule has 0 bridgehead atoms. The number of pyridine rings is 1. The number of aromatic nitrogens is 4. The molecule has 0 atom stereocenters. The molecule has 231 valence electrons. The molecule has 0 aliphatic heterocycles. The van der Waals surface area contributed by atoms with Crippen LogP contribution in [0.4, 0.5) is 0 Å². The minimum Gasteiger partial charge on any atom is -0.304 e. The zero-order valence-electron chi connectivity index (χ0n) is 27.1. The van der Waals surface area contributed by atoms with Crippen LogP contribution in [0.15, 0.2) is 115 Å². The largest absolute Gasteiger partial charge is 0.304 e. The number of hydrogen-bond acceptors (Lipinski definition) is 4. The predicted molar refractivity (Wildman–Crippen MR) is 183 cm³/mol. The molecule has 1 aliphatic carbocycles. The van der Waals surface area contributed by atoms with Crippen LogP contribution in [0.25, 0.3) is 56.5 Å². The number of hydrogen-bond donors (Lipinski definition) is 0. The molecule has 2 aromatic heterocycles. The van der Waals surface area contributed by atoms with Crippen molar-refractivity contribution >= 4 is 0 Å². The maximum Gasteiger partial charge on any atom is 0.165 e. The molecular formula is C41H37IrN4-. The fourth-order valence-corrected chi connectivity index (χ4v) is 6.61. The average molecular weight is 778 g/mol. The van der Waals surface area contributed by atoms with Crippen LogP contribution in [0.1, 0.15) is 52.7 Å². The van der Waals surface area contributed by atoms with Gasteiger partial charge in [0.15, 0.2) is 17.5 Å². The summed E-state index contributed by atoms with van der Waals surface area (Å²) < 4.78 is 0. The second-order valence-electron chi connectivity index (χ2n) is 13.6. The van der Waals surface area contributed by atoms with Crippen LogP contribution < -0.4 is 0 Å². The van der Waals surface area contributed by atoms with Gasteiger partial charge in [-0.05, 0) is 33.1 Å². The van der Waals surface area contributed by atoms with Gasteiger partial charge in [-0.2, -0.15) is 0 Å². The average Bonchev–Trinajstić information content (AvgIpc) is 3.18. The van der Waals surface area contributed by atoms with E-state index in [0.717, 1.165) is 33.5 Å². The zero-order valence-corrected chi connectivity index (χ0v) is 29.5. The molecule has 0 unspecified atom stereocenters. The van der Waals surface area contributed by atoms with Crippen molar-refractivity contribution in [2.75, 3.05) is 0 Å². The van der Waals surface area contributed by atoms with Crippen LogP contribution in [0.2, 0.25) is 0 Å². The van der Waals surface area contributed by atoms with Gasteiger partial charge in [-0.15, -0.1) is 34.9 Å². The molecule has 0 fully saturated rings. The van der Waals surface area contributed by atoms with E-state index in [0.29, 0.717) is 17.5 Å². The molecule has 46 heavy (non-hydrogen) atoms. The molecule has 1 aliphatic rings. The summed E-state index contributed by atoms with van der Waals surface area (Å²) in [5.41, 5.74) is 9.84. The Hall–Kier alpha value is -4.31. The Bertz CT molecular complexity index is 2000. The monoisotopic (exact) mass is 778 g/mol.